The molecule has 0 saturated carbocycles. The van der Waals surface area contributed by atoms with E-state index in [0.717, 1.165) is 35.4 Å². The summed E-state index contributed by atoms with van der Waals surface area (Å²) >= 11 is 0. The Balaban J connectivity index is 1.39. The second kappa shape index (κ2) is 11.4. The summed E-state index contributed by atoms with van der Waals surface area (Å²) in [6.45, 7) is 8.47. The zero-order valence-corrected chi connectivity index (χ0v) is 25.1. The average Bonchev–Trinajstić information content (AvgIpc) is 2.97. The van der Waals surface area contributed by atoms with Gasteiger partial charge in [-0.25, -0.2) is 14.1 Å². The van der Waals surface area contributed by atoms with Crippen LogP contribution in [0.2, 0.25) is 0 Å². The van der Waals surface area contributed by atoms with Crippen molar-refractivity contribution < 1.29 is 9.50 Å². The van der Waals surface area contributed by atoms with Crippen LogP contribution in [0.15, 0.2) is 70.5 Å². The molecule has 226 valence electrons. The van der Waals surface area contributed by atoms with Gasteiger partial charge in [-0.15, -0.1) is 0 Å². The molecule has 0 amide bonds. The molecule has 0 bridgehead atoms. The summed E-state index contributed by atoms with van der Waals surface area (Å²) in [4.78, 5) is 33.4. The number of hydrogen-bond donors (Lipinski definition) is 2. The normalized spacial score (nSPS) is 13.7. The zero-order chi connectivity index (χ0) is 31.2. The van der Waals surface area contributed by atoms with Crippen LogP contribution in [-0.4, -0.2) is 47.6 Å². The summed E-state index contributed by atoms with van der Waals surface area (Å²) in [7, 11) is 1.53. The van der Waals surface area contributed by atoms with Crippen molar-refractivity contribution in [3.63, 3.8) is 0 Å². The lowest BCUT2D eigenvalue weighted by Gasteiger charge is -2.30. The molecule has 10 nitrogen and oxygen atoms in total. The molecule has 0 atom stereocenters. The smallest absolute Gasteiger partial charge is 0.290 e. The van der Waals surface area contributed by atoms with Gasteiger partial charge in [-0.1, -0.05) is 39.0 Å². The van der Waals surface area contributed by atoms with Gasteiger partial charge < -0.3 is 10.4 Å². The lowest BCUT2D eigenvalue weighted by Crippen LogP contribution is -2.36. The molecular weight excluding hydrogens is 561 g/mol. The van der Waals surface area contributed by atoms with Crippen LogP contribution in [0.4, 0.5) is 15.9 Å². The second-order valence-electron chi connectivity index (χ2n) is 12.2. The highest BCUT2D eigenvalue weighted by molar-refractivity contribution is 5.83. The number of rotatable bonds is 7. The molecule has 6 rings (SSSR count). The number of benzene rings is 2. The van der Waals surface area contributed by atoms with Gasteiger partial charge in [0.05, 0.1) is 29.6 Å². The molecule has 3 aromatic heterocycles. The molecule has 5 aromatic rings. The number of nitrogens with zero attached hydrogens (tertiary/aromatic N) is 6. The van der Waals surface area contributed by atoms with Gasteiger partial charge in [-0.3, -0.25) is 14.5 Å². The molecule has 0 radical (unpaired) electrons. The molecule has 1 fully saturated rings. The summed E-state index contributed by atoms with van der Waals surface area (Å²) in [5, 5.41) is 22.7. The Bertz CT molecular complexity index is 1990. The minimum atomic E-state index is -0.647. The fourth-order valence-corrected chi connectivity index (χ4v) is 5.38. The number of anilines is 2. The molecule has 1 aliphatic rings. The molecule has 44 heavy (non-hydrogen) atoms. The monoisotopic (exact) mass is 595 g/mol. The Morgan fingerprint density at radius 2 is 1.82 bits per heavy atom. The molecular formula is C33H34FN7O3. The van der Waals surface area contributed by atoms with Crippen LogP contribution in [0.25, 0.3) is 27.7 Å². The molecule has 1 aliphatic heterocycles. The van der Waals surface area contributed by atoms with Crippen molar-refractivity contribution in [2.75, 3.05) is 18.4 Å². The largest absolute Gasteiger partial charge is 0.392 e. The first-order chi connectivity index (χ1) is 21.0. The predicted octanol–water partition coefficient (Wildman–Crippen LogP) is 4.42. The molecule has 4 heterocycles. The van der Waals surface area contributed by atoms with E-state index in [1.165, 1.54) is 30.4 Å². The molecule has 2 N–H and O–H groups in total. The van der Waals surface area contributed by atoms with Crippen molar-refractivity contribution in [3.8, 4) is 16.9 Å². The Kier molecular flexibility index (Phi) is 7.60. The highest BCUT2D eigenvalue weighted by Crippen LogP contribution is 2.30. The number of pyridine rings is 1. The summed E-state index contributed by atoms with van der Waals surface area (Å²) in [6, 6.07) is 13.6. The number of halogens is 1. The molecule has 0 unspecified atom stereocenters. The quantitative estimate of drug-likeness (QED) is 0.284. The third-order valence-electron chi connectivity index (χ3n) is 8.02. The fraction of sp³-hybridized carbons (Fsp3) is 0.303. The van der Waals surface area contributed by atoms with E-state index in [9.17, 15) is 14.7 Å². The fourth-order valence-electron chi connectivity index (χ4n) is 5.38. The Morgan fingerprint density at radius 1 is 1.02 bits per heavy atom. The first kappa shape index (κ1) is 29.3. The second-order valence-corrected chi connectivity index (χ2v) is 12.2. The standard InChI is InChI=1S/C33H34FN7O3/c1-33(2,3)22-13-21-17-36-41(32(44)30(21)25(34)14-22)28-8-5-7-23(24(28)19-42)26-15-27(31(43)39(4)38-26)37-29-10-9-20(16-35-29)18-40-11-6-12-40/h5,7-10,13-17,42H,6,11-12,18-19H2,1-4H3,(H,35,37). The number of hydrogen-bond acceptors (Lipinski definition) is 8. The maximum Gasteiger partial charge on any atom is 0.290 e. The van der Waals surface area contributed by atoms with E-state index in [2.05, 4.69) is 25.4 Å². The van der Waals surface area contributed by atoms with Crippen LogP contribution in [0.1, 0.15) is 43.9 Å². The average molecular weight is 596 g/mol. The number of aryl methyl sites for hydroxylation is 1. The lowest BCUT2D eigenvalue weighted by atomic mass is 9.86. The molecule has 1 saturated heterocycles. The lowest BCUT2D eigenvalue weighted by molar-refractivity contribution is 0.172. The van der Waals surface area contributed by atoms with Crippen LogP contribution >= 0.6 is 0 Å². The van der Waals surface area contributed by atoms with Gasteiger partial charge in [0.15, 0.2) is 0 Å². The van der Waals surface area contributed by atoms with E-state index in [-0.39, 0.29) is 27.7 Å². The number of fused-ring (bicyclic) bond motifs is 1. The highest BCUT2D eigenvalue weighted by atomic mass is 19.1. The number of nitrogens with one attached hydrogen (secondary N) is 1. The predicted molar refractivity (Wildman–Crippen MR) is 168 cm³/mol. The zero-order valence-electron chi connectivity index (χ0n) is 25.1. The van der Waals surface area contributed by atoms with Crippen molar-refractivity contribution in [3.05, 3.63) is 104 Å². The van der Waals surface area contributed by atoms with Gasteiger partial charge in [-0.05, 0) is 66.4 Å². The number of aliphatic hydroxyl groups is 1. The summed E-state index contributed by atoms with van der Waals surface area (Å²) in [6.07, 6.45) is 4.47. The summed E-state index contributed by atoms with van der Waals surface area (Å²) in [5.74, 6) is -0.126. The van der Waals surface area contributed by atoms with E-state index in [1.54, 1.807) is 36.5 Å². The van der Waals surface area contributed by atoms with Crippen LogP contribution in [0.5, 0.6) is 0 Å². The van der Waals surface area contributed by atoms with Crippen molar-refractivity contribution in [1.29, 1.82) is 0 Å². The van der Waals surface area contributed by atoms with Crippen molar-refractivity contribution in [1.82, 2.24) is 29.4 Å². The SMILES string of the molecule is Cn1nc(-c2cccc(-n3ncc4cc(C(C)(C)C)cc(F)c4c3=O)c2CO)cc(Nc2ccc(CN3CCC3)cn2)c1=O. The van der Waals surface area contributed by atoms with Crippen molar-refractivity contribution in [2.45, 2.75) is 45.8 Å². The Morgan fingerprint density at radius 3 is 2.48 bits per heavy atom. The van der Waals surface area contributed by atoms with E-state index in [4.69, 9.17) is 0 Å². The van der Waals surface area contributed by atoms with Gasteiger partial charge in [0.2, 0.25) is 0 Å². The first-order valence-electron chi connectivity index (χ1n) is 14.5. The summed E-state index contributed by atoms with van der Waals surface area (Å²) in [5.41, 5.74) is 2.26. The van der Waals surface area contributed by atoms with Crippen LogP contribution < -0.4 is 16.4 Å². The van der Waals surface area contributed by atoms with Gasteiger partial charge >= 0.3 is 0 Å². The van der Waals surface area contributed by atoms with E-state index in [0.29, 0.717) is 28.0 Å². The van der Waals surface area contributed by atoms with Crippen LogP contribution in [0.3, 0.4) is 0 Å². The van der Waals surface area contributed by atoms with Crippen molar-refractivity contribution in [2.24, 2.45) is 7.05 Å². The number of aromatic nitrogens is 5. The first-order valence-corrected chi connectivity index (χ1v) is 14.5. The van der Waals surface area contributed by atoms with Gasteiger partial charge in [0.25, 0.3) is 11.1 Å². The highest BCUT2D eigenvalue weighted by Gasteiger charge is 2.21. The Hall–Kier alpha value is -4.74. The maximum atomic E-state index is 15.3. The van der Waals surface area contributed by atoms with Gasteiger partial charge in [0.1, 0.15) is 17.3 Å². The third kappa shape index (κ3) is 5.51. The molecule has 2 aromatic carbocycles. The van der Waals surface area contributed by atoms with Gasteiger partial charge in [-0.2, -0.15) is 14.9 Å². The molecule has 0 aliphatic carbocycles. The van der Waals surface area contributed by atoms with Crippen LogP contribution in [0, 0.1) is 5.82 Å². The summed E-state index contributed by atoms with van der Waals surface area (Å²) < 4.78 is 17.6. The van der Waals surface area contributed by atoms with Gasteiger partial charge in [0, 0.05) is 36.3 Å². The van der Waals surface area contributed by atoms with Crippen LogP contribution in [-0.2, 0) is 25.6 Å². The third-order valence-corrected chi connectivity index (χ3v) is 8.02. The number of aliphatic hydroxyl groups excluding tert-OH is 1. The minimum Gasteiger partial charge on any atom is -0.392 e. The van der Waals surface area contributed by atoms with E-state index < -0.39 is 18.0 Å². The maximum absolute atomic E-state index is 15.3. The van der Waals surface area contributed by atoms with E-state index in [1.807, 2.05) is 32.9 Å². The Labute approximate surface area is 253 Å². The van der Waals surface area contributed by atoms with E-state index >= 15 is 4.39 Å². The number of likely N-dealkylation sites (tertiary alicyclic amines) is 1. The minimum absolute atomic E-state index is 0.0857. The molecule has 0 spiro atoms. The van der Waals surface area contributed by atoms with Crippen molar-refractivity contribution >= 4 is 22.3 Å². The topological polar surface area (TPSA) is 118 Å². The molecule has 11 heteroatoms.